The predicted molar refractivity (Wildman–Crippen MR) is 57.9 cm³/mol. The molecule has 0 aliphatic rings. The maximum atomic E-state index is 3.43. The van der Waals surface area contributed by atoms with E-state index < -0.39 is 0 Å². The molecule has 1 rings (SSSR count). The summed E-state index contributed by atoms with van der Waals surface area (Å²) in [7, 11) is 0. The van der Waals surface area contributed by atoms with Crippen molar-refractivity contribution in [1.82, 2.24) is 5.32 Å². The molecule has 0 heterocycles. The summed E-state index contributed by atoms with van der Waals surface area (Å²) in [4.78, 5) is 0. The molecule has 0 saturated heterocycles. The second-order valence-corrected chi connectivity index (χ2v) is 3.34. The molecule has 1 aromatic rings. The SMILES string of the molecule is CCCCNCCc1ccccc1. The van der Waals surface area contributed by atoms with Gasteiger partial charge in [-0.3, -0.25) is 0 Å². The maximum absolute atomic E-state index is 3.43. The third-order valence-electron chi connectivity index (χ3n) is 2.14. The molecule has 0 amide bonds. The molecule has 1 heteroatoms. The molecule has 0 bridgehead atoms. The first-order valence-electron chi connectivity index (χ1n) is 5.18. The topological polar surface area (TPSA) is 12.0 Å². The summed E-state index contributed by atoms with van der Waals surface area (Å²) >= 11 is 0. The van der Waals surface area contributed by atoms with Crippen LogP contribution in [0, 0.1) is 0 Å². The molecule has 0 aliphatic heterocycles. The van der Waals surface area contributed by atoms with Gasteiger partial charge in [-0.1, -0.05) is 43.7 Å². The van der Waals surface area contributed by atoms with Crippen LogP contribution in [-0.4, -0.2) is 13.1 Å². The third-order valence-corrected chi connectivity index (χ3v) is 2.14. The van der Waals surface area contributed by atoms with Crippen molar-refractivity contribution in [3.05, 3.63) is 35.9 Å². The Labute approximate surface area is 81.2 Å². The zero-order valence-corrected chi connectivity index (χ0v) is 8.42. The van der Waals surface area contributed by atoms with Crippen LogP contribution in [0.1, 0.15) is 25.3 Å². The average molecular weight is 177 g/mol. The number of rotatable bonds is 6. The fourth-order valence-electron chi connectivity index (χ4n) is 1.30. The van der Waals surface area contributed by atoms with Gasteiger partial charge in [0, 0.05) is 0 Å². The van der Waals surface area contributed by atoms with E-state index in [9.17, 15) is 0 Å². The van der Waals surface area contributed by atoms with E-state index in [1.165, 1.54) is 18.4 Å². The molecule has 0 unspecified atom stereocenters. The Kier molecular flexibility index (Phi) is 5.27. The van der Waals surface area contributed by atoms with Crippen LogP contribution in [0.2, 0.25) is 0 Å². The van der Waals surface area contributed by atoms with Gasteiger partial charge in [0.1, 0.15) is 0 Å². The molecule has 0 radical (unpaired) electrons. The zero-order valence-electron chi connectivity index (χ0n) is 8.42. The van der Waals surface area contributed by atoms with Crippen LogP contribution in [0.5, 0.6) is 0 Å². The van der Waals surface area contributed by atoms with Crippen molar-refractivity contribution in [3.8, 4) is 0 Å². The maximum Gasteiger partial charge on any atom is -0.000835 e. The standard InChI is InChI=1S/C12H19N/c1-2-3-10-13-11-9-12-7-5-4-6-8-12/h4-8,13H,2-3,9-11H2,1H3. The van der Waals surface area contributed by atoms with E-state index in [4.69, 9.17) is 0 Å². The van der Waals surface area contributed by atoms with Crippen molar-refractivity contribution in [3.63, 3.8) is 0 Å². The fraction of sp³-hybridized carbons (Fsp3) is 0.500. The van der Waals surface area contributed by atoms with Gasteiger partial charge in [0.25, 0.3) is 0 Å². The van der Waals surface area contributed by atoms with Gasteiger partial charge in [-0.15, -0.1) is 0 Å². The molecule has 0 spiro atoms. The first-order chi connectivity index (χ1) is 6.43. The van der Waals surface area contributed by atoms with Crippen LogP contribution >= 0.6 is 0 Å². The summed E-state index contributed by atoms with van der Waals surface area (Å²) in [6.45, 7) is 4.48. The van der Waals surface area contributed by atoms with E-state index in [0.29, 0.717) is 0 Å². The number of unbranched alkanes of at least 4 members (excludes halogenated alkanes) is 1. The quantitative estimate of drug-likeness (QED) is 0.659. The minimum absolute atomic E-state index is 1.10. The highest BCUT2D eigenvalue weighted by Crippen LogP contribution is 1.97. The van der Waals surface area contributed by atoms with Crippen molar-refractivity contribution in [2.45, 2.75) is 26.2 Å². The van der Waals surface area contributed by atoms with Crippen molar-refractivity contribution in [2.24, 2.45) is 0 Å². The van der Waals surface area contributed by atoms with E-state index in [1.54, 1.807) is 0 Å². The lowest BCUT2D eigenvalue weighted by molar-refractivity contribution is 0.640. The zero-order chi connectivity index (χ0) is 9.36. The molecule has 1 aromatic carbocycles. The van der Waals surface area contributed by atoms with Crippen molar-refractivity contribution in [1.29, 1.82) is 0 Å². The van der Waals surface area contributed by atoms with Gasteiger partial charge in [0.05, 0.1) is 0 Å². The molecule has 0 fully saturated rings. The molecule has 1 N–H and O–H groups in total. The lowest BCUT2D eigenvalue weighted by Gasteiger charge is -2.03. The second kappa shape index (κ2) is 6.67. The second-order valence-electron chi connectivity index (χ2n) is 3.34. The number of hydrogen-bond acceptors (Lipinski definition) is 1. The lowest BCUT2D eigenvalue weighted by atomic mass is 10.1. The average Bonchev–Trinajstić information content (AvgIpc) is 2.19. The molecule has 0 saturated carbocycles. The van der Waals surface area contributed by atoms with Crippen LogP contribution in [-0.2, 0) is 6.42 Å². The highest BCUT2D eigenvalue weighted by molar-refractivity contribution is 5.14. The summed E-state index contributed by atoms with van der Waals surface area (Å²) in [5.74, 6) is 0. The van der Waals surface area contributed by atoms with E-state index in [0.717, 1.165) is 19.5 Å². The first-order valence-corrected chi connectivity index (χ1v) is 5.18. The van der Waals surface area contributed by atoms with Gasteiger partial charge in [-0.2, -0.15) is 0 Å². The van der Waals surface area contributed by atoms with Gasteiger partial charge in [-0.05, 0) is 31.5 Å². The minimum atomic E-state index is 1.10. The minimum Gasteiger partial charge on any atom is -0.316 e. The van der Waals surface area contributed by atoms with Gasteiger partial charge < -0.3 is 5.32 Å². The summed E-state index contributed by atoms with van der Waals surface area (Å²) in [6.07, 6.45) is 3.71. The Morgan fingerprint density at radius 2 is 1.85 bits per heavy atom. The highest BCUT2D eigenvalue weighted by atomic mass is 14.8. The molecule has 13 heavy (non-hydrogen) atoms. The number of benzene rings is 1. The Morgan fingerprint density at radius 3 is 2.54 bits per heavy atom. The van der Waals surface area contributed by atoms with Crippen LogP contribution in [0.3, 0.4) is 0 Å². The van der Waals surface area contributed by atoms with Crippen LogP contribution in [0.4, 0.5) is 0 Å². The molecular formula is C12H19N. The van der Waals surface area contributed by atoms with E-state index in [-0.39, 0.29) is 0 Å². The van der Waals surface area contributed by atoms with Gasteiger partial charge in [0.15, 0.2) is 0 Å². The van der Waals surface area contributed by atoms with Crippen molar-refractivity contribution >= 4 is 0 Å². The van der Waals surface area contributed by atoms with E-state index >= 15 is 0 Å². The van der Waals surface area contributed by atoms with E-state index in [2.05, 4.69) is 42.6 Å². The largest absolute Gasteiger partial charge is 0.316 e. The molecular weight excluding hydrogens is 158 g/mol. The van der Waals surface area contributed by atoms with Gasteiger partial charge in [0.2, 0.25) is 0 Å². The molecule has 0 aromatic heterocycles. The molecule has 0 atom stereocenters. The summed E-state index contributed by atoms with van der Waals surface area (Å²) in [5.41, 5.74) is 1.42. The molecule has 0 aliphatic carbocycles. The normalized spacial score (nSPS) is 10.2. The van der Waals surface area contributed by atoms with Crippen molar-refractivity contribution in [2.75, 3.05) is 13.1 Å². The van der Waals surface area contributed by atoms with Crippen LogP contribution in [0.25, 0.3) is 0 Å². The Hall–Kier alpha value is -0.820. The fourth-order valence-corrected chi connectivity index (χ4v) is 1.30. The van der Waals surface area contributed by atoms with Gasteiger partial charge >= 0.3 is 0 Å². The van der Waals surface area contributed by atoms with Crippen LogP contribution in [0.15, 0.2) is 30.3 Å². The smallest absolute Gasteiger partial charge is 0.000835 e. The predicted octanol–water partition coefficient (Wildman–Crippen LogP) is 2.62. The Morgan fingerprint density at radius 1 is 1.08 bits per heavy atom. The van der Waals surface area contributed by atoms with E-state index in [1.807, 2.05) is 0 Å². The number of hydrogen-bond donors (Lipinski definition) is 1. The van der Waals surface area contributed by atoms with Crippen molar-refractivity contribution < 1.29 is 0 Å². The Balaban J connectivity index is 2.07. The third kappa shape index (κ3) is 4.69. The first kappa shape index (κ1) is 10.3. The molecule has 1 nitrogen and oxygen atoms in total. The number of nitrogens with one attached hydrogen (secondary N) is 1. The van der Waals surface area contributed by atoms with Crippen LogP contribution < -0.4 is 5.32 Å². The summed E-state index contributed by atoms with van der Waals surface area (Å²) in [5, 5.41) is 3.43. The Bertz CT molecular complexity index is 206. The lowest BCUT2D eigenvalue weighted by Crippen LogP contribution is -2.18. The highest BCUT2D eigenvalue weighted by Gasteiger charge is 1.90. The summed E-state index contributed by atoms with van der Waals surface area (Å²) in [6, 6.07) is 10.6. The molecule has 72 valence electrons. The monoisotopic (exact) mass is 177 g/mol. The summed E-state index contributed by atoms with van der Waals surface area (Å²) < 4.78 is 0. The van der Waals surface area contributed by atoms with Gasteiger partial charge in [-0.25, -0.2) is 0 Å².